The molecule has 2 heterocycles. The average Bonchev–Trinajstić information content (AvgIpc) is 3.34. The van der Waals surface area contributed by atoms with Gasteiger partial charge in [-0.15, -0.1) is 0 Å². The zero-order chi connectivity index (χ0) is 23.1. The molecule has 4 heteroatoms. The molecule has 1 saturated heterocycles. The van der Waals surface area contributed by atoms with Gasteiger partial charge in [-0.3, -0.25) is 4.79 Å². The van der Waals surface area contributed by atoms with Gasteiger partial charge in [-0.25, -0.2) is 4.98 Å². The number of hydrogen-bond acceptors (Lipinski definition) is 2. The van der Waals surface area contributed by atoms with Crippen LogP contribution in [0.5, 0.6) is 0 Å². The molecule has 1 amide bonds. The fraction of sp³-hybridized carbons (Fsp3) is 0.310. The average molecular weight is 438 g/mol. The molecule has 0 bridgehead atoms. The summed E-state index contributed by atoms with van der Waals surface area (Å²) < 4.78 is 2.31. The molecular formula is C29H31N3O. The summed E-state index contributed by atoms with van der Waals surface area (Å²) >= 11 is 0. The number of amides is 1. The van der Waals surface area contributed by atoms with Crippen molar-refractivity contribution in [2.75, 3.05) is 11.4 Å². The molecule has 5 rings (SSSR count). The predicted molar refractivity (Wildman–Crippen MR) is 135 cm³/mol. The lowest BCUT2D eigenvalue weighted by atomic mass is 10.0. The van der Waals surface area contributed by atoms with Gasteiger partial charge in [0.05, 0.1) is 11.0 Å². The van der Waals surface area contributed by atoms with Crippen LogP contribution in [0.1, 0.15) is 60.2 Å². The highest BCUT2D eigenvalue weighted by Crippen LogP contribution is 2.34. The SMILES string of the molecule is Cc1cc(C)cc(N2CC(c3nc4ccccc4n3Cc3ccc(C(C)C)cc3)CC2=O)c1. The van der Waals surface area contributed by atoms with Crippen LogP contribution in [0.15, 0.2) is 66.7 Å². The van der Waals surface area contributed by atoms with E-state index in [4.69, 9.17) is 4.98 Å². The van der Waals surface area contributed by atoms with E-state index in [0.29, 0.717) is 18.9 Å². The lowest BCUT2D eigenvalue weighted by molar-refractivity contribution is -0.117. The quantitative estimate of drug-likeness (QED) is 0.365. The molecule has 0 radical (unpaired) electrons. The Bertz CT molecular complexity index is 1300. The van der Waals surface area contributed by atoms with Crippen molar-refractivity contribution in [2.24, 2.45) is 0 Å². The molecule has 1 fully saturated rings. The van der Waals surface area contributed by atoms with Crippen molar-refractivity contribution in [3.05, 3.63) is 94.8 Å². The Balaban J connectivity index is 1.50. The minimum absolute atomic E-state index is 0.0701. The van der Waals surface area contributed by atoms with Gasteiger partial charge >= 0.3 is 0 Å². The molecule has 1 aromatic heterocycles. The van der Waals surface area contributed by atoms with Gasteiger partial charge in [-0.2, -0.15) is 0 Å². The number of carbonyl (C=O) groups is 1. The molecule has 1 aliphatic rings. The fourth-order valence-corrected chi connectivity index (χ4v) is 5.00. The van der Waals surface area contributed by atoms with Crippen LogP contribution in [0.3, 0.4) is 0 Å². The van der Waals surface area contributed by atoms with Crippen LogP contribution in [-0.2, 0) is 11.3 Å². The molecule has 0 aliphatic carbocycles. The van der Waals surface area contributed by atoms with Crippen LogP contribution in [0.4, 0.5) is 5.69 Å². The number of para-hydroxylation sites is 2. The van der Waals surface area contributed by atoms with Gasteiger partial charge < -0.3 is 9.47 Å². The third-order valence-corrected chi connectivity index (χ3v) is 6.68. The maximum atomic E-state index is 13.1. The molecular weight excluding hydrogens is 406 g/mol. The van der Waals surface area contributed by atoms with Crippen molar-refractivity contribution >= 4 is 22.6 Å². The smallest absolute Gasteiger partial charge is 0.227 e. The number of anilines is 1. The second kappa shape index (κ2) is 8.51. The van der Waals surface area contributed by atoms with E-state index in [1.807, 2.05) is 11.0 Å². The van der Waals surface area contributed by atoms with Gasteiger partial charge in [0.25, 0.3) is 0 Å². The predicted octanol–water partition coefficient (Wildman–Crippen LogP) is 6.35. The third-order valence-electron chi connectivity index (χ3n) is 6.68. The zero-order valence-electron chi connectivity index (χ0n) is 19.9. The van der Waals surface area contributed by atoms with Crippen molar-refractivity contribution in [3.63, 3.8) is 0 Å². The Hall–Kier alpha value is -3.40. The number of aryl methyl sites for hydroxylation is 2. The summed E-state index contributed by atoms with van der Waals surface area (Å²) in [6.07, 6.45) is 0.489. The molecule has 33 heavy (non-hydrogen) atoms. The Kier molecular flexibility index (Phi) is 5.53. The number of aromatic nitrogens is 2. The van der Waals surface area contributed by atoms with E-state index in [1.54, 1.807) is 0 Å². The molecule has 3 aromatic carbocycles. The van der Waals surface area contributed by atoms with Crippen LogP contribution < -0.4 is 4.90 Å². The summed E-state index contributed by atoms with van der Waals surface area (Å²) in [5.74, 6) is 1.76. The highest BCUT2D eigenvalue weighted by atomic mass is 16.2. The normalized spacial score (nSPS) is 16.3. The number of carbonyl (C=O) groups excluding carboxylic acids is 1. The van der Waals surface area contributed by atoms with Gasteiger partial charge in [-0.1, -0.05) is 56.3 Å². The Morgan fingerprint density at radius 3 is 2.36 bits per heavy atom. The summed E-state index contributed by atoms with van der Waals surface area (Å²) in [5.41, 5.74) is 8.06. The number of hydrogen-bond donors (Lipinski definition) is 0. The van der Waals surface area contributed by atoms with Gasteiger partial charge in [-0.05, 0) is 66.3 Å². The van der Waals surface area contributed by atoms with Crippen LogP contribution in [-0.4, -0.2) is 22.0 Å². The maximum Gasteiger partial charge on any atom is 0.227 e. The van der Waals surface area contributed by atoms with Crippen LogP contribution in [0.25, 0.3) is 11.0 Å². The molecule has 4 nitrogen and oxygen atoms in total. The second-order valence-electron chi connectivity index (χ2n) is 9.69. The minimum atomic E-state index is 0.0701. The van der Waals surface area contributed by atoms with E-state index in [-0.39, 0.29) is 11.8 Å². The Labute approximate surface area is 195 Å². The highest BCUT2D eigenvalue weighted by molar-refractivity contribution is 5.96. The number of rotatable bonds is 5. The van der Waals surface area contributed by atoms with Crippen molar-refractivity contribution in [1.82, 2.24) is 9.55 Å². The lowest BCUT2D eigenvalue weighted by Gasteiger charge is -2.19. The number of imidazole rings is 1. The lowest BCUT2D eigenvalue weighted by Crippen LogP contribution is -2.24. The van der Waals surface area contributed by atoms with E-state index in [1.165, 1.54) is 22.3 Å². The first kappa shape index (κ1) is 21.4. The topological polar surface area (TPSA) is 38.1 Å². The number of fused-ring (bicyclic) bond motifs is 1. The van der Waals surface area contributed by atoms with Crippen LogP contribution in [0.2, 0.25) is 0 Å². The van der Waals surface area contributed by atoms with Crippen molar-refractivity contribution < 1.29 is 4.79 Å². The van der Waals surface area contributed by atoms with E-state index in [9.17, 15) is 4.79 Å². The highest BCUT2D eigenvalue weighted by Gasteiger charge is 2.35. The molecule has 4 aromatic rings. The van der Waals surface area contributed by atoms with Crippen LogP contribution >= 0.6 is 0 Å². The van der Waals surface area contributed by atoms with Gasteiger partial charge in [0.1, 0.15) is 5.82 Å². The zero-order valence-corrected chi connectivity index (χ0v) is 19.9. The molecule has 1 unspecified atom stereocenters. The summed E-state index contributed by atoms with van der Waals surface area (Å²) in [4.78, 5) is 20.0. The molecule has 1 aliphatic heterocycles. The standard InChI is InChI=1S/C29H31N3O/c1-19(2)23-11-9-22(10-12-23)17-32-27-8-6-5-7-26(27)30-29(32)24-16-28(33)31(18-24)25-14-20(3)13-21(4)15-25/h5-15,19,24H,16-18H2,1-4H3. The third kappa shape index (κ3) is 4.18. The Morgan fingerprint density at radius 2 is 1.67 bits per heavy atom. The fourth-order valence-electron chi connectivity index (χ4n) is 5.00. The summed E-state index contributed by atoms with van der Waals surface area (Å²) in [6, 6.07) is 23.5. The monoisotopic (exact) mass is 437 g/mol. The van der Waals surface area contributed by atoms with E-state index in [2.05, 4.69) is 92.9 Å². The van der Waals surface area contributed by atoms with E-state index in [0.717, 1.165) is 29.1 Å². The first-order chi connectivity index (χ1) is 15.9. The Morgan fingerprint density at radius 1 is 0.970 bits per heavy atom. The maximum absolute atomic E-state index is 13.1. The number of benzene rings is 3. The van der Waals surface area contributed by atoms with Gasteiger partial charge in [0, 0.05) is 31.1 Å². The molecule has 0 N–H and O–H groups in total. The van der Waals surface area contributed by atoms with Gasteiger partial charge in [0.2, 0.25) is 5.91 Å². The molecule has 0 saturated carbocycles. The first-order valence-electron chi connectivity index (χ1n) is 11.8. The van der Waals surface area contributed by atoms with Crippen LogP contribution in [0, 0.1) is 13.8 Å². The van der Waals surface area contributed by atoms with Crippen molar-refractivity contribution in [3.8, 4) is 0 Å². The molecule has 168 valence electrons. The largest absolute Gasteiger partial charge is 0.323 e. The van der Waals surface area contributed by atoms with Gasteiger partial charge in [0.15, 0.2) is 0 Å². The minimum Gasteiger partial charge on any atom is -0.323 e. The van der Waals surface area contributed by atoms with Crippen molar-refractivity contribution in [2.45, 2.75) is 52.5 Å². The summed E-state index contributed by atoms with van der Waals surface area (Å²) in [5, 5.41) is 0. The van der Waals surface area contributed by atoms with Crippen molar-refractivity contribution in [1.29, 1.82) is 0 Å². The second-order valence-corrected chi connectivity index (χ2v) is 9.69. The first-order valence-corrected chi connectivity index (χ1v) is 11.8. The van der Waals surface area contributed by atoms with E-state index < -0.39 is 0 Å². The molecule has 0 spiro atoms. The number of nitrogens with zero attached hydrogens (tertiary/aromatic N) is 3. The summed E-state index contributed by atoms with van der Waals surface area (Å²) in [7, 11) is 0. The molecule has 1 atom stereocenters. The van der Waals surface area contributed by atoms with E-state index >= 15 is 0 Å². The summed E-state index contributed by atoms with van der Waals surface area (Å²) in [6.45, 7) is 10.0.